The molecule has 1 heterocycles. The molecular weight excluding hydrogens is 208 g/mol. The van der Waals surface area contributed by atoms with E-state index in [4.69, 9.17) is 16.9 Å². The second-order valence-corrected chi connectivity index (χ2v) is 3.45. The zero-order chi connectivity index (χ0) is 10.7. The summed E-state index contributed by atoms with van der Waals surface area (Å²) in [5.74, 6) is 0. The van der Waals surface area contributed by atoms with Gasteiger partial charge in [0.25, 0.3) is 0 Å². The Kier molecular flexibility index (Phi) is 2.66. The highest BCUT2D eigenvalue weighted by molar-refractivity contribution is 6.29. The molecule has 1 aromatic carbocycles. The first-order valence-electron chi connectivity index (χ1n) is 4.42. The summed E-state index contributed by atoms with van der Waals surface area (Å²) >= 11 is 5.69. The van der Waals surface area contributed by atoms with Crippen LogP contribution in [0.3, 0.4) is 0 Å². The lowest BCUT2D eigenvalue weighted by Crippen LogP contribution is -1.81. The van der Waals surface area contributed by atoms with Crippen LogP contribution in [0.1, 0.15) is 5.56 Å². The highest BCUT2D eigenvalue weighted by atomic mass is 35.5. The lowest BCUT2D eigenvalue weighted by atomic mass is 10.1. The third kappa shape index (κ3) is 2.15. The van der Waals surface area contributed by atoms with Crippen LogP contribution in [0.25, 0.3) is 11.1 Å². The summed E-state index contributed by atoms with van der Waals surface area (Å²) in [7, 11) is 0. The number of hydrogen-bond donors (Lipinski definition) is 0. The zero-order valence-corrected chi connectivity index (χ0v) is 8.57. The Morgan fingerprint density at radius 2 is 1.67 bits per heavy atom. The molecule has 0 saturated carbocycles. The molecule has 2 aromatic rings. The van der Waals surface area contributed by atoms with Gasteiger partial charge in [0.1, 0.15) is 5.15 Å². The van der Waals surface area contributed by atoms with E-state index in [0.29, 0.717) is 10.7 Å². The summed E-state index contributed by atoms with van der Waals surface area (Å²) in [5, 5.41) is 9.13. The first-order valence-corrected chi connectivity index (χ1v) is 4.79. The molecule has 0 amide bonds. The Morgan fingerprint density at radius 3 is 2.20 bits per heavy atom. The van der Waals surface area contributed by atoms with E-state index in [1.54, 1.807) is 24.4 Å². The van der Waals surface area contributed by atoms with Crippen LogP contribution in [0.5, 0.6) is 0 Å². The summed E-state index contributed by atoms with van der Waals surface area (Å²) in [6.07, 6.45) is 1.71. The van der Waals surface area contributed by atoms with Crippen molar-refractivity contribution in [2.45, 2.75) is 0 Å². The molecule has 0 aliphatic carbocycles. The molecule has 0 atom stereocenters. The molecule has 15 heavy (non-hydrogen) atoms. The van der Waals surface area contributed by atoms with Gasteiger partial charge in [0.05, 0.1) is 11.6 Å². The summed E-state index contributed by atoms with van der Waals surface area (Å²) in [4.78, 5) is 4.00. The fourth-order valence-corrected chi connectivity index (χ4v) is 1.40. The molecule has 0 N–H and O–H groups in total. The highest BCUT2D eigenvalue weighted by Crippen LogP contribution is 2.19. The van der Waals surface area contributed by atoms with Crippen molar-refractivity contribution in [1.29, 1.82) is 5.26 Å². The number of nitrogens with zero attached hydrogens (tertiary/aromatic N) is 2. The lowest BCUT2D eigenvalue weighted by molar-refractivity contribution is 1.33. The topological polar surface area (TPSA) is 36.7 Å². The molecule has 3 heteroatoms. The molecule has 0 spiro atoms. The van der Waals surface area contributed by atoms with Gasteiger partial charge >= 0.3 is 0 Å². The number of aromatic nitrogens is 1. The van der Waals surface area contributed by atoms with Crippen molar-refractivity contribution >= 4 is 11.6 Å². The van der Waals surface area contributed by atoms with E-state index < -0.39 is 0 Å². The Morgan fingerprint density at radius 1 is 1.00 bits per heavy atom. The van der Waals surface area contributed by atoms with Crippen molar-refractivity contribution in [2.75, 3.05) is 0 Å². The van der Waals surface area contributed by atoms with E-state index in [1.807, 2.05) is 18.2 Å². The standard InChI is InChI=1S/C12H7ClN2/c13-12-6-5-11(8-15-12)10-3-1-9(7-14)2-4-10/h1-6,8H. The van der Waals surface area contributed by atoms with E-state index in [0.717, 1.165) is 11.1 Å². The van der Waals surface area contributed by atoms with Gasteiger partial charge in [0.2, 0.25) is 0 Å². The largest absolute Gasteiger partial charge is 0.244 e. The van der Waals surface area contributed by atoms with Gasteiger partial charge in [-0.1, -0.05) is 23.7 Å². The van der Waals surface area contributed by atoms with Crippen LogP contribution in [0.2, 0.25) is 5.15 Å². The van der Waals surface area contributed by atoms with Crippen molar-refractivity contribution in [3.05, 3.63) is 53.3 Å². The molecule has 0 fully saturated rings. The van der Waals surface area contributed by atoms with Crippen molar-refractivity contribution in [2.24, 2.45) is 0 Å². The minimum absolute atomic E-state index is 0.479. The number of nitriles is 1. The van der Waals surface area contributed by atoms with Crippen LogP contribution < -0.4 is 0 Å². The third-order valence-electron chi connectivity index (χ3n) is 2.07. The first kappa shape index (κ1) is 9.70. The number of rotatable bonds is 1. The molecule has 0 bridgehead atoms. The van der Waals surface area contributed by atoms with E-state index in [-0.39, 0.29) is 0 Å². The van der Waals surface area contributed by atoms with E-state index >= 15 is 0 Å². The SMILES string of the molecule is N#Cc1ccc(-c2ccc(Cl)nc2)cc1. The summed E-state index contributed by atoms with van der Waals surface area (Å²) in [6.45, 7) is 0. The van der Waals surface area contributed by atoms with E-state index in [9.17, 15) is 0 Å². The van der Waals surface area contributed by atoms with Crippen molar-refractivity contribution in [3.8, 4) is 17.2 Å². The fourth-order valence-electron chi connectivity index (χ4n) is 1.28. The lowest BCUT2D eigenvalue weighted by Gasteiger charge is -2.00. The summed E-state index contributed by atoms with van der Waals surface area (Å²) in [6, 6.07) is 13.1. The number of hydrogen-bond acceptors (Lipinski definition) is 2. The molecular formula is C12H7ClN2. The smallest absolute Gasteiger partial charge is 0.129 e. The van der Waals surface area contributed by atoms with Gasteiger partial charge in [-0.05, 0) is 29.8 Å². The summed E-state index contributed by atoms with van der Waals surface area (Å²) in [5.41, 5.74) is 2.67. The van der Waals surface area contributed by atoms with Gasteiger partial charge in [-0.3, -0.25) is 0 Å². The third-order valence-corrected chi connectivity index (χ3v) is 2.30. The van der Waals surface area contributed by atoms with Gasteiger partial charge in [0.15, 0.2) is 0 Å². The Balaban J connectivity index is 2.38. The molecule has 2 nitrogen and oxygen atoms in total. The first-order chi connectivity index (χ1) is 7.29. The maximum absolute atomic E-state index is 8.66. The Hall–Kier alpha value is -1.85. The second-order valence-electron chi connectivity index (χ2n) is 3.06. The number of halogens is 1. The maximum atomic E-state index is 8.66. The van der Waals surface area contributed by atoms with Gasteiger partial charge in [-0.25, -0.2) is 4.98 Å². The fraction of sp³-hybridized carbons (Fsp3) is 0. The van der Waals surface area contributed by atoms with Crippen LogP contribution in [0, 0.1) is 11.3 Å². The van der Waals surface area contributed by atoms with Crippen molar-refractivity contribution in [3.63, 3.8) is 0 Å². The predicted octanol–water partition coefficient (Wildman–Crippen LogP) is 3.27. The normalized spacial score (nSPS) is 9.60. The van der Waals surface area contributed by atoms with Gasteiger partial charge in [-0.15, -0.1) is 0 Å². The van der Waals surface area contributed by atoms with E-state index in [2.05, 4.69) is 11.1 Å². The van der Waals surface area contributed by atoms with Crippen molar-refractivity contribution in [1.82, 2.24) is 4.98 Å². The molecule has 0 aliphatic rings. The van der Waals surface area contributed by atoms with Gasteiger partial charge in [0, 0.05) is 11.8 Å². The minimum atomic E-state index is 0.479. The zero-order valence-electron chi connectivity index (χ0n) is 7.81. The molecule has 2 rings (SSSR count). The minimum Gasteiger partial charge on any atom is -0.244 e. The maximum Gasteiger partial charge on any atom is 0.129 e. The van der Waals surface area contributed by atoms with Crippen LogP contribution in [0.15, 0.2) is 42.6 Å². The van der Waals surface area contributed by atoms with E-state index in [1.165, 1.54) is 0 Å². The Bertz CT molecular complexity index is 495. The number of benzene rings is 1. The Labute approximate surface area is 92.8 Å². The van der Waals surface area contributed by atoms with Crippen LogP contribution in [0.4, 0.5) is 0 Å². The average molecular weight is 215 g/mol. The number of pyridine rings is 1. The summed E-state index contributed by atoms with van der Waals surface area (Å²) < 4.78 is 0. The molecule has 0 aliphatic heterocycles. The van der Waals surface area contributed by atoms with Gasteiger partial charge in [-0.2, -0.15) is 5.26 Å². The molecule has 0 radical (unpaired) electrons. The average Bonchev–Trinajstić information content (AvgIpc) is 2.30. The molecule has 1 aromatic heterocycles. The molecule has 0 saturated heterocycles. The van der Waals surface area contributed by atoms with Gasteiger partial charge < -0.3 is 0 Å². The quantitative estimate of drug-likeness (QED) is 0.683. The van der Waals surface area contributed by atoms with Crippen LogP contribution in [-0.4, -0.2) is 4.98 Å². The second kappa shape index (κ2) is 4.12. The monoisotopic (exact) mass is 214 g/mol. The van der Waals surface area contributed by atoms with Crippen LogP contribution in [-0.2, 0) is 0 Å². The highest BCUT2D eigenvalue weighted by Gasteiger charge is 1.98. The van der Waals surface area contributed by atoms with Crippen molar-refractivity contribution < 1.29 is 0 Å². The predicted molar refractivity (Wildman–Crippen MR) is 59.4 cm³/mol. The molecule has 0 unspecified atom stereocenters. The molecule has 72 valence electrons. The van der Waals surface area contributed by atoms with Crippen LogP contribution >= 0.6 is 11.6 Å².